The van der Waals surface area contributed by atoms with Gasteiger partial charge >= 0.3 is 0 Å². The van der Waals surface area contributed by atoms with Crippen molar-refractivity contribution in [3.05, 3.63) is 84.4 Å². The van der Waals surface area contributed by atoms with E-state index in [9.17, 15) is 14.4 Å². The number of ketones is 1. The Hall–Kier alpha value is -4.13. The third-order valence-corrected chi connectivity index (χ3v) is 4.54. The highest BCUT2D eigenvalue weighted by molar-refractivity contribution is 5.95. The molecule has 0 fully saturated rings. The summed E-state index contributed by atoms with van der Waals surface area (Å²) in [7, 11) is 0. The van der Waals surface area contributed by atoms with Crippen LogP contribution in [-0.2, 0) is 9.59 Å². The monoisotopic (exact) mass is 432 g/mol. The first-order valence-corrected chi connectivity index (χ1v) is 10.2. The van der Waals surface area contributed by atoms with Gasteiger partial charge in [0.1, 0.15) is 11.5 Å². The summed E-state index contributed by atoms with van der Waals surface area (Å²) in [6.07, 6.45) is 0.420. The lowest BCUT2D eigenvalue weighted by atomic mass is 10.1. The third-order valence-electron chi connectivity index (χ3n) is 4.54. The molecule has 0 heterocycles. The van der Waals surface area contributed by atoms with Gasteiger partial charge in [-0.2, -0.15) is 0 Å². The number of carbonyl (C=O) groups is 3. The van der Waals surface area contributed by atoms with Gasteiger partial charge < -0.3 is 9.47 Å². The number of ether oxygens (including phenoxy) is 2. The van der Waals surface area contributed by atoms with Crippen molar-refractivity contribution in [3.8, 4) is 22.6 Å². The molecule has 2 amide bonds. The van der Waals surface area contributed by atoms with Gasteiger partial charge in [-0.15, -0.1) is 0 Å². The fourth-order valence-corrected chi connectivity index (χ4v) is 2.89. The molecule has 164 valence electrons. The zero-order chi connectivity index (χ0) is 22.8. The van der Waals surface area contributed by atoms with Crippen LogP contribution < -0.4 is 20.3 Å². The largest absolute Gasteiger partial charge is 0.484 e. The number of amides is 2. The second-order valence-corrected chi connectivity index (χ2v) is 6.84. The predicted octanol–water partition coefficient (Wildman–Crippen LogP) is 3.55. The van der Waals surface area contributed by atoms with Crippen molar-refractivity contribution < 1.29 is 23.9 Å². The number of hydrogen-bond acceptors (Lipinski definition) is 5. The molecule has 0 saturated heterocycles. The number of benzene rings is 3. The minimum absolute atomic E-state index is 0.0330. The zero-order valence-electron chi connectivity index (χ0n) is 17.7. The van der Waals surface area contributed by atoms with Gasteiger partial charge in [-0.1, -0.05) is 55.5 Å². The molecule has 0 unspecified atom stereocenters. The molecule has 0 aliphatic heterocycles. The molecule has 3 aromatic rings. The van der Waals surface area contributed by atoms with E-state index in [2.05, 4.69) is 10.9 Å². The van der Waals surface area contributed by atoms with Crippen LogP contribution in [0.3, 0.4) is 0 Å². The molecule has 7 heteroatoms. The van der Waals surface area contributed by atoms with E-state index in [1.807, 2.05) is 48.5 Å². The van der Waals surface area contributed by atoms with Crippen LogP contribution in [0.2, 0.25) is 0 Å². The second kappa shape index (κ2) is 11.3. The topological polar surface area (TPSA) is 93.7 Å². The number of nitrogens with one attached hydrogen (secondary N) is 2. The molecule has 7 nitrogen and oxygen atoms in total. The van der Waals surface area contributed by atoms with Crippen molar-refractivity contribution in [2.75, 3.05) is 13.2 Å². The SMILES string of the molecule is CCC(=O)c1ccc(OCC(=O)NNC(=O)COc2ccccc2-c2ccccc2)cc1. The van der Waals surface area contributed by atoms with Gasteiger partial charge in [0.05, 0.1) is 0 Å². The molecule has 0 aliphatic rings. The smallest absolute Gasteiger partial charge is 0.276 e. The Balaban J connectivity index is 1.43. The third kappa shape index (κ3) is 6.43. The fraction of sp³-hybridized carbons (Fsp3) is 0.160. The lowest BCUT2D eigenvalue weighted by Gasteiger charge is -2.12. The quantitative estimate of drug-likeness (QED) is 0.398. The van der Waals surface area contributed by atoms with E-state index >= 15 is 0 Å². The van der Waals surface area contributed by atoms with Crippen LogP contribution in [0.25, 0.3) is 11.1 Å². The molecule has 0 saturated carbocycles. The standard InChI is InChI=1S/C25H24N2O5/c1-2-22(28)19-12-14-20(15-13-19)31-16-24(29)26-27-25(30)17-32-23-11-7-6-10-21(23)18-8-4-3-5-9-18/h3-15H,2,16-17H2,1H3,(H,26,29)(H,27,30). The summed E-state index contributed by atoms with van der Waals surface area (Å²) in [5.41, 5.74) is 7.00. The molecule has 2 N–H and O–H groups in total. The predicted molar refractivity (Wildman–Crippen MR) is 120 cm³/mol. The Morgan fingerprint density at radius 2 is 1.31 bits per heavy atom. The summed E-state index contributed by atoms with van der Waals surface area (Å²) in [4.78, 5) is 35.6. The average Bonchev–Trinajstić information content (AvgIpc) is 2.85. The highest BCUT2D eigenvalue weighted by atomic mass is 16.5. The Kier molecular flexibility index (Phi) is 7.97. The fourth-order valence-electron chi connectivity index (χ4n) is 2.89. The van der Waals surface area contributed by atoms with E-state index in [1.54, 1.807) is 37.3 Å². The van der Waals surface area contributed by atoms with Crippen LogP contribution in [0.15, 0.2) is 78.9 Å². The first-order valence-electron chi connectivity index (χ1n) is 10.2. The number of rotatable bonds is 9. The van der Waals surface area contributed by atoms with E-state index in [0.717, 1.165) is 11.1 Å². The Morgan fingerprint density at radius 3 is 1.97 bits per heavy atom. The van der Waals surface area contributed by atoms with E-state index in [0.29, 0.717) is 23.5 Å². The van der Waals surface area contributed by atoms with Gasteiger partial charge in [0.25, 0.3) is 11.8 Å². The Morgan fingerprint density at radius 1 is 0.719 bits per heavy atom. The van der Waals surface area contributed by atoms with E-state index in [-0.39, 0.29) is 19.0 Å². The van der Waals surface area contributed by atoms with Crippen molar-refractivity contribution in [3.63, 3.8) is 0 Å². The van der Waals surface area contributed by atoms with Gasteiger partial charge in [0.15, 0.2) is 19.0 Å². The lowest BCUT2D eigenvalue weighted by Crippen LogP contribution is -2.45. The molecule has 0 spiro atoms. The van der Waals surface area contributed by atoms with Crippen LogP contribution in [0.4, 0.5) is 0 Å². The number of Topliss-reactive ketones (excluding diaryl/α,β-unsaturated/α-hetero) is 1. The van der Waals surface area contributed by atoms with Crippen LogP contribution in [-0.4, -0.2) is 30.8 Å². The van der Waals surface area contributed by atoms with E-state index in [4.69, 9.17) is 9.47 Å². The Labute approximate surface area is 186 Å². The highest BCUT2D eigenvalue weighted by Crippen LogP contribution is 2.29. The molecule has 0 atom stereocenters. The maximum Gasteiger partial charge on any atom is 0.276 e. The van der Waals surface area contributed by atoms with Gasteiger partial charge in [-0.25, -0.2) is 0 Å². The zero-order valence-corrected chi connectivity index (χ0v) is 17.7. The summed E-state index contributed by atoms with van der Waals surface area (Å²) in [6, 6.07) is 23.6. The number of para-hydroxylation sites is 1. The molecule has 0 bridgehead atoms. The molecule has 0 radical (unpaired) electrons. The van der Waals surface area contributed by atoms with Crippen LogP contribution in [0.5, 0.6) is 11.5 Å². The van der Waals surface area contributed by atoms with Gasteiger partial charge in [-0.05, 0) is 35.9 Å². The summed E-state index contributed by atoms with van der Waals surface area (Å²) < 4.78 is 11.0. The normalized spacial score (nSPS) is 10.2. The second-order valence-electron chi connectivity index (χ2n) is 6.84. The van der Waals surface area contributed by atoms with Crippen molar-refractivity contribution in [2.24, 2.45) is 0 Å². The Bertz CT molecular complexity index is 1070. The minimum Gasteiger partial charge on any atom is -0.484 e. The molecular weight excluding hydrogens is 408 g/mol. The van der Waals surface area contributed by atoms with Crippen molar-refractivity contribution >= 4 is 17.6 Å². The van der Waals surface area contributed by atoms with Crippen LogP contribution in [0.1, 0.15) is 23.7 Å². The summed E-state index contributed by atoms with van der Waals surface area (Å²) in [6.45, 7) is 1.23. The summed E-state index contributed by atoms with van der Waals surface area (Å²) in [5, 5.41) is 0. The molecular formula is C25H24N2O5. The maximum absolute atomic E-state index is 12.0. The van der Waals surface area contributed by atoms with E-state index < -0.39 is 11.8 Å². The maximum atomic E-state index is 12.0. The summed E-state index contributed by atoms with van der Waals surface area (Å²) in [5.74, 6) is -0.000461. The molecule has 32 heavy (non-hydrogen) atoms. The first-order chi connectivity index (χ1) is 15.6. The molecule has 0 aromatic heterocycles. The van der Waals surface area contributed by atoms with Crippen LogP contribution in [0, 0.1) is 0 Å². The number of carbonyl (C=O) groups excluding carboxylic acids is 3. The molecule has 3 rings (SSSR count). The minimum atomic E-state index is -0.531. The van der Waals surface area contributed by atoms with Gasteiger partial charge in [0.2, 0.25) is 0 Å². The number of hydrazine groups is 1. The molecule has 3 aromatic carbocycles. The lowest BCUT2D eigenvalue weighted by molar-refractivity contribution is -0.131. The first kappa shape index (κ1) is 22.6. The van der Waals surface area contributed by atoms with Crippen molar-refractivity contribution in [1.82, 2.24) is 10.9 Å². The number of hydrogen-bond donors (Lipinski definition) is 2. The average molecular weight is 432 g/mol. The van der Waals surface area contributed by atoms with E-state index in [1.165, 1.54) is 0 Å². The summed E-state index contributed by atoms with van der Waals surface area (Å²) >= 11 is 0. The van der Waals surface area contributed by atoms with Gasteiger partial charge in [-0.3, -0.25) is 25.2 Å². The van der Waals surface area contributed by atoms with Crippen LogP contribution >= 0.6 is 0 Å². The highest BCUT2D eigenvalue weighted by Gasteiger charge is 2.10. The van der Waals surface area contributed by atoms with Crippen molar-refractivity contribution in [2.45, 2.75) is 13.3 Å². The van der Waals surface area contributed by atoms with Crippen molar-refractivity contribution in [1.29, 1.82) is 0 Å². The van der Waals surface area contributed by atoms with Gasteiger partial charge in [0, 0.05) is 17.5 Å². The molecule has 0 aliphatic carbocycles.